The van der Waals surface area contributed by atoms with Crippen molar-refractivity contribution in [3.05, 3.63) is 110 Å². The van der Waals surface area contributed by atoms with E-state index < -0.39 is 0 Å². The number of oxazole rings is 1. The van der Waals surface area contributed by atoms with Crippen molar-refractivity contribution in [1.82, 2.24) is 19.7 Å². The quantitative estimate of drug-likeness (QED) is 0.225. The fourth-order valence-electron chi connectivity index (χ4n) is 3.99. The van der Waals surface area contributed by atoms with Gasteiger partial charge < -0.3 is 4.42 Å². The predicted molar refractivity (Wildman–Crippen MR) is 124 cm³/mol. The molecule has 2 aromatic heterocycles. The molecule has 0 aliphatic heterocycles. The van der Waals surface area contributed by atoms with Crippen LogP contribution < -0.4 is 0 Å². The standard InChI is InChI=1S/C27H17N4O.Ir/c1-3-8-19(9-4-1)22-12-7-13-23(20-10-5-2-6-11-20)26(22)31-27(28-17-30-31)21-14-15-25-24(16-21)29-18-32-25;/h1-13,15-18H;/q-1;. The number of para-hydroxylation sites is 1. The number of hydrogen-bond donors (Lipinski definition) is 0. The van der Waals surface area contributed by atoms with E-state index in [0.717, 1.165) is 39.0 Å². The molecule has 0 spiro atoms. The molecule has 5 nitrogen and oxygen atoms in total. The fraction of sp³-hybridized carbons (Fsp3) is 0. The zero-order chi connectivity index (χ0) is 21.3. The normalized spacial score (nSPS) is 10.8. The van der Waals surface area contributed by atoms with Crippen LogP contribution in [0, 0.1) is 6.07 Å². The van der Waals surface area contributed by atoms with Crippen LogP contribution in [-0.2, 0) is 20.1 Å². The maximum absolute atomic E-state index is 5.37. The number of hydrogen-bond acceptors (Lipinski definition) is 4. The van der Waals surface area contributed by atoms with Gasteiger partial charge in [0, 0.05) is 36.7 Å². The van der Waals surface area contributed by atoms with E-state index in [0.29, 0.717) is 11.4 Å². The van der Waals surface area contributed by atoms with E-state index in [1.54, 1.807) is 12.4 Å². The van der Waals surface area contributed by atoms with E-state index in [-0.39, 0.29) is 20.1 Å². The molecule has 0 saturated heterocycles. The third-order valence-electron chi connectivity index (χ3n) is 5.47. The Morgan fingerprint density at radius 2 is 1.42 bits per heavy atom. The van der Waals surface area contributed by atoms with Crippen molar-refractivity contribution in [3.8, 4) is 39.3 Å². The van der Waals surface area contributed by atoms with E-state index in [1.165, 1.54) is 6.39 Å². The summed E-state index contributed by atoms with van der Waals surface area (Å²) in [4.78, 5) is 8.86. The van der Waals surface area contributed by atoms with Crippen LogP contribution in [0.3, 0.4) is 0 Å². The summed E-state index contributed by atoms with van der Waals surface area (Å²) in [7, 11) is 0. The zero-order valence-corrected chi connectivity index (χ0v) is 19.7. The Balaban J connectivity index is 0.00000228. The largest absolute Gasteiger partial charge is 0.490 e. The van der Waals surface area contributed by atoms with Crippen LogP contribution in [0.5, 0.6) is 0 Å². The van der Waals surface area contributed by atoms with Gasteiger partial charge in [0.05, 0.1) is 17.1 Å². The summed E-state index contributed by atoms with van der Waals surface area (Å²) >= 11 is 0. The monoisotopic (exact) mass is 606 g/mol. The molecule has 2 heterocycles. The van der Waals surface area contributed by atoms with Crippen LogP contribution in [0.25, 0.3) is 50.4 Å². The molecule has 0 N–H and O–H groups in total. The van der Waals surface area contributed by atoms with Gasteiger partial charge in [-0.3, -0.25) is 9.67 Å². The minimum atomic E-state index is 0. The molecule has 0 unspecified atom stereocenters. The van der Waals surface area contributed by atoms with Gasteiger partial charge in [-0.05, 0) is 11.1 Å². The topological polar surface area (TPSA) is 56.7 Å². The van der Waals surface area contributed by atoms with E-state index in [9.17, 15) is 0 Å². The van der Waals surface area contributed by atoms with Crippen LogP contribution in [0.4, 0.5) is 0 Å². The van der Waals surface area contributed by atoms with Gasteiger partial charge in [0.1, 0.15) is 6.33 Å². The number of nitrogens with zero attached hydrogens (tertiary/aromatic N) is 4. The van der Waals surface area contributed by atoms with Crippen molar-refractivity contribution in [1.29, 1.82) is 0 Å². The molecule has 0 saturated carbocycles. The van der Waals surface area contributed by atoms with Crippen LogP contribution in [0.2, 0.25) is 0 Å². The minimum Gasteiger partial charge on any atom is -0.490 e. The summed E-state index contributed by atoms with van der Waals surface area (Å²) < 4.78 is 7.27. The average Bonchev–Trinajstić information content (AvgIpc) is 3.54. The molecule has 0 fully saturated rings. The van der Waals surface area contributed by atoms with Gasteiger partial charge in [-0.2, -0.15) is 5.10 Å². The smallest absolute Gasteiger partial charge is 0.169 e. The SMILES string of the molecule is [Ir].[c-]1cc2ocnc2cc1-c1ncnn1-c1c(-c2ccccc2)cccc1-c1ccccc1. The first kappa shape index (κ1) is 21.0. The van der Waals surface area contributed by atoms with Crippen molar-refractivity contribution in [2.45, 2.75) is 0 Å². The van der Waals surface area contributed by atoms with Gasteiger partial charge >= 0.3 is 0 Å². The molecule has 33 heavy (non-hydrogen) atoms. The van der Waals surface area contributed by atoms with Crippen molar-refractivity contribution >= 4 is 11.1 Å². The molecular weight excluding hydrogens is 589 g/mol. The van der Waals surface area contributed by atoms with Gasteiger partial charge in [0.2, 0.25) is 0 Å². The van der Waals surface area contributed by atoms with E-state index in [4.69, 9.17) is 4.42 Å². The maximum Gasteiger partial charge on any atom is 0.169 e. The van der Waals surface area contributed by atoms with Crippen molar-refractivity contribution < 1.29 is 24.5 Å². The average molecular weight is 606 g/mol. The van der Waals surface area contributed by atoms with Gasteiger partial charge in [-0.1, -0.05) is 78.9 Å². The molecule has 0 aliphatic carbocycles. The second kappa shape index (κ2) is 8.94. The first-order valence-electron chi connectivity index (χ1n) is 10.3. The van der Waals surface area contributed by atoms with Crippen LogP contribution >= 0.6 is 0 Å². The Labute approximate surface area is 204 Å². The number of rotatable bonds is 4. The molecule has 0 amide bonds. The summed E-state index contributed by atoms with van der Waals surface area (Å²) in [6, 6.07) is 34.0. The molecule has 0 bridgehead atoms. The Morgan fingerprint density at radius 1 is 0.758 bits per heavy atom. The molecule has 161 valence electrons. The minimum absolute atomic E-state index is 0. The maximum atomic E-state index is 5.37. The summed E-state index contributed by atoms with van der Waals surface area (Å²) in [6.45, 7) is 0. The second-order valence-corrected chi connectivity index (χ2v) is 7.38. The number of aromatic nitrogens is 4. The Bertz CT molecular complexity index is 1470. The molecule has 6 aromatic rings. The molecular formula is C27H17IrN4O-. The van der Waals surface area contributed by atoms with Gasteiger partial charge in [-0.25, -0.2) is 4.98 Å². The molecule has 4 aromatic carbocycles. The Kier molecular flexibility index (Phi) is 5.69. The zero-order valence-electron chi connectivity index (χ0n) is 17.3. The Morgan fingerprint density at radius 3 is 2.09 bits per heavy atom. The van der Waals surface area contributed by atoms with Crippen molar-refractivity contribution in [2.75, 3.05) is 0 Å². The second-order valence-electron chi connectivity index (χ2n) is 7.38. The molecule has 0 aliphatic rings. The van der Waals surface area contributed by atoms with Crippen LogP contribution in [0.15, 0.2) is 108 Å². The van der Waals surface area contributed by atoms with Crippen molar-refractivity contribution in [3.63, 3.8) is 0 Å². The van der Waals surface area contributed by atoms with E-state index >= 15 is 0 Å². The van der Waals surface area contributed by atoms with Crippen molar-refractivity contribution in [2.24, 2.45) is 0 Å². The molecule has 1 radical (unpaired) electrons. The van der Waals surface area contributed by atoms with E-state index in [2.05, 4.69) is 63.6 Å². The Hall–Kier alpha value is -3.86. The fourth-order valence-corrected chi connectivity index (χ4v) is 3.99. The van der Waals surface area contributed by atoms with Crippen LogP contribution in [0.1, 0.15) is 0 Å². The number of fused-ring (bicyclic) bond motifs is 1. The molecule has 6 heteroatoms. The van der Waals surface area contributed by atoms with Gasteiger partial charge in [-0.15, -0.1) is 23.8 Å². The first-order valence-corrected chi connectivity index (χ1v) is 10.3. The summed E-state index contributed by atoms with van der Waals surface area (Å²) in [6.07, 6.45) is 3.01. The summed E-state index contributed by atoms with van der Waals surface area (Å²) in [5.41, 5.74) is 7.57. The van der Waals surface area contributed by atoms with Gasteiger partial charge in [0.15, 0.2) is 6.39 Å². The first-order chi connectivity index (χ1) is 15.9. The third-order valence-corrected chi connectivity index (χ3v) is 5.47. The predicted octanol–water partition coefficient (Wildman–Crippen LogP) is 6.21. The summed E-state index contributed by atoms with van der Waals surface area (Å²) in [5.74, 6) is 0.690. The molecule has 0 atom stereocenters. The van der Waals surface area contributed by atoms with E-state index in [1.807, 2.05) is 47.1 Å². The number of benzene rings is 4. The molecule has 6 rings (SSSR count). The third kappa shape index (κ3) is 3.80. The van der Waals surface area contributed by atoms with Crippen LogP contribution in [-0.4, -0.2) is 19.7 Å². The summed E-state index contributed by atoms with van der Waals surface area (Å²) in [5, 5.41) is 4.64. The van der Waals surface area contributed by atoms with Gasteiger partial charge in [0.25, 0.3) is 0 Å².